The first-order chi connectivity index (χ1) is 11.5. The zero-order valence-corrected chi connectivity index (χ0v) is 14.9. The first-order valence-electron chi connectivity index (χ1n) is 7.51. The van der Waals surface area contributed by atoms with E-state index >= 15 is 0 Å². The van der Waals surface area contributed by atoms with Crippen LogP contribution in [0, 0.1) is 0 Å². The van der Waals surface area contributed by atoms with E-state index in [1.54, 1.807) is 33.1 Å². The van der Waals surface area contributed by atoms with Crippen molar-refractivity contribution in [3.8, 4) is 0 Å². The first-order valence-corrected chi connectivity index (χ1v) is 9.40. The van der Waals surface area contributed by atoms with Crippen molar-refractivity contribution in [3.63, 3.8) is 0 Å². The van der Waals surface area contributed by atoms with Crippen molar-refractivity contribution in [3.05, 3.63) is 50.4 Å². The predicted octanol–water partition coefficient (Wildman–Crippen LogP) is 0.741. The summed E-state index contributed by atoms with van der Waals surface area (Å²) in [5, 5.41) is 25.2. The van der Waals surface area contributed by atoms with Crippen molar-refractivity contribution in [1.82, 2.24) is 0 Å². The minimum atomic E-state index is -2.07. The lowest BCUT2D eigenvalue weighted by atomic mass is 9.91. The number of thiophene rings is 2. The van der Waals surface area contributed by atoms with E-state index in [2.05, 4.69) is 40.7 Å². The molecule has 2 aromatic heterocycles. The van der Waals surface area contributed by atoms with Gasteiger partial charge in [0.25, 0.3) is 0 Å². The maximum absolute atomic E-state index is 9.04. The molecule has 0 atom stereocenters. The third-order valence-electron chi connectivity index (χ3n) is 3.85. The van der Waals surface area contributed by atoms with E-state index < -0.39 is 11.9 Å². The van der Waals surface area contributed by atoms with Gasteiger partial charge in [0.15, 0.2) is 5.97 Å². The number of aliphatic carboxylic acids is 2. The fraction of sp³-hybridized carbons (Fsp3) is 0.294. The minimum absolute atomic E-state index is 1.24. The molecule has 128 valence electrons. The molecule has 3 heterocycles. The lowest BCUT2D eigenvalue weighted by Crippen LogP contribution is -3.09. The van der Waals surface area contributed by atoms with Crippen LogP contribution in [-0.4, -0.2) is 37.2 Å². The Hall–Kier alpha value is -1.96. The fourth-order valence-electron chi connectivity index (χ4n) is 2.62. The second-order valence-electron chi connectivity index (χ2n) is 5.55. The third-order valence-corrected chi connectivity index (χ3v) is 5.22. The molecule has 0 spiro atoms. The van der Waals surface area contributed by atoms with Crippen molar-refractivity contribution < 1.29 is 24.7 Å². The van der Waals surface area contributed by atoms with Crippen LogP contribution < -0.4 is 10.0 Å². The van der Waals surface area contributed by atoms with Gasteiger partial charge in [-0.2, -0.15) is 22.7 Å². The molecule has 5 nitrogen and oxygen atoms in total. The summed E-state index contributed by atoms with van der Waals surface area (Å²) in [7, 11) is 2.30. The molecule has 0 aliphatic carbocycles. The van der Waals surface area contributed by atoms with Crippen molar-refractivity contribution >= 4 is 40.2 Å². The molecular formula is C17H19NO4S2. The average molecular weight is 365 g/mol. The van der Waals surface area contributed by atoms with Gasteiger partial charge in [0, 0.05) is 12.8 Å². The summed E-state index contributed by atoms with van der Waals surface area (Å²) in [4.78, 5) is 19.7. The Balaban J connectivity index is 0.000000301. The zero-order valence-electron chi connectivity index (χ0n) is 13.3. The Bertz CT molecular complexity index is 647. The van der Waals surface area contributed by atoms with Gasteiger partial charge in [-0.25, -0.2) is 4.79 Å². The summed E-state index contributed by atoms with van der Waals surface area (Å²) in [5.74, 6) is -4.01. The normalized spacial score (nSPS) is 16.9. The maximum Gasteiger partial charge on any atom is 0.351 e. The van der Waals surface area contributed by atoms with Gasteiger partial charge in [0.2, 0.25) is 0 Å². The zero-order chi connectivity index (χ0) is 17.5. The van der Waals surface area contributed by atoms with Crippen molar-refractivity contribution in [1.29, 1.82) is 0 Å². The van der Waals surface area contributed by atoms with Crippen molar-refractivity contribution in [2.24, 2.45) is 0 Å². The highest BCUT2D eigenvalue weighted by molar-refractivity contribution is 7.08. The first kappa shape index (κ1) is 18.4. The van der Waals surface area contributed by atoms with E-state index in [4.69, 9.17) is 19.8 Å². The molecule has 24 heavy (non-hydrogen) atoms. The summed E-state index contributed by atoms with van der Waals surface area (Å²) < 4.78 is 0. The molecule has 2 aromatic rings. The van der Waals surface area contributed by atoms with Crippen LogP contribution in [0.2, 0.25) is 0 Å². The molecule has 0 unspecified atom stereocenters. The smallest absolute Gasteiger partial charge is 0.351 e. The Morgan fingerprint density at radius 1 is 1.08 bits per heavy atom. The molecule has 1 saturated heterocycles. The van der Waals surface area contributed by atoms with E-state index in [-0.39, 0.29) is 0 Å². The molecular weight excluding hydrogens is 346 g/mol. The quantitative estimate of drug-likeness (QED) is 0.769. The SMILES string of the molecule is C[NH+]1CCC(=C(c2ccsc2)c2ccsc2)CC1.O=C([O-])C(=O)O. The number of nitrogens with one attached hydrogen (secondary N) is 1. The van der Waals surface area contributed by atoms with Crippen LogP contribution in [0.3, 0.4) is 0 Å². The Morgan fingerprint density at radius 3 is 1.88 bits per heavy atom. The third kappa shape index (κ3) is 5.02. The van der Waals surface area contributed by atoms with Crippen LogP contribution in [0.15, 0.2) is 39.2 Å². The number of hydrogen-bond donors (Lipinski definition) is 2. The summed E-state index contributed by atoms with van der Waals surface area (Å²) in [6, 6.07) is 4.52. The second-order valence-corrected chi connectivity index (χ2v) is 7.11. The number of hydrogen-bond acceptors (Lipinski definition) is 5. The van der Waals surface area contributed by atoms with Gasteiger partial charge >= 0.3 is 5.97 Å². The van der Waals surface area contributed by atoms with Gasteiger partial charge in [-0.15, -0.1) is 0 Å². The second kappa shape index (κ2) is 8.77. The van der Waals surface area contributed by atoms with Crippen molar-refractivity contribution in [2.45, 2.75) is 12.8 Å². The minimum Gasteiger partial charge on any atom is -0.539 e. The average Bonchev–Trinajstić information content (AvgIpc) is 3.24. The topological polar surface area (TPSA) is 81.9 Å². The molecule has 3 rings (SSSR count). The number of rotatable bonds is 2. The molecule has 2 N–H and O–H groups in total. The van der Waals surface area contributed by atoms with Gasteiger partial charge in [-0.05, 0) is 50.4 Å². The lowest BCUT2D eigenvalue weighted by molar-refractivity contribution is -0.882. The summed E-state index contributed by atoms with van der Waals surface area (Å²) >= 11 is 3.59. The molecule has 1 aliphatic rings. The van der Waals surface area contributed by atoms with Gasteiger partial charge in [0.1, 0.15) is 0 Å². The van der Waals surface area contributed by atoms with Gasteiger partial charge in [-0.3, -0.25) is 0 Å². The highest BCUT2D eigenvalue weighted by Gasteiger charge is 2.19. The number of piperidine rings is 1. The maximum atomic E-state index is 9.04. The van der Waals surface area contributed by atoms with Crippen molar-refractivity contribution in [2.75, 3.05) is 20.1 Å². The monoisotopic (exact) mass is 365 g/mol. The number of carboxylic acids is 2. The molecule has 0 aromatic carbocycles. The molecule has 1 aliphatic heterocycles. The largest absolute Gasteiger partial charge is 0.539 e. The van der Waals surface area contributed by atoms with Crippen LogP contribution in [0.1, 0.15) is 24.0 Å². The molecule has 7 heteroatoms. The predicted molar refractivity (Wildman–Crippen MR) is 93.2 cm³/mol. The summed E-state index contributed by atoms with van der Waals surface area (Å²) in [6.07, 6.45) is 2.49. The Labute approximate surface area is 148 Å². The lowest BCUT2D eigenvalue weighted by Gasteiger charge is -2.24. The highest BCUT2D eigenvalue weighted by Crippen LogP contribution is 2.32. The van der Waals surface area contributed by atoms with Crippen LogP contribution in [-0.2, 0) is 9.59 Å². The highest BCUT2D eigenvalue weighted by atomic mass is 32.1. The van der Waals surface area contributed by atoms with Crippen LogP contribution in [0.5, 0.6) is 0 Å². The number of carbonyl (C=O) groups is 2. The standard InChI is InChI=1S/C15H17NS2.C2H2O4/c1-16-6-2-12(3-7-16)15(13-4-8-17-10-13)14-5-9-18-11-14;3-1(4)2(5)6/h4-5,8-11H,2-3,6-7H2,1H3;(H,3,4)(H,5,6). The molecule has 0 amide bonds. The molecule has 0 radical (unpaired) electrons. The molecule has 0 bridgehead atoms. The van der Waals surface area contributed by atoms with Crippen LogP contribution >= 0.6 is 22.7 Å². The van der Waals surface area contributed by atoms with Gasteiger partial charge in [-0.1, -0.05) is 5.57 Å². The number of likely N-dealkylation sites (tertiary alicyclic amines) is 1. The van der Waals surface area contributed by atoms with Gasteiger partial charge in [0.05, 0.1) is 20.1 Å². The van der Waals surface area contributed by atoms with E-state index in [1.807, 2.05) is 0 Å². The number of quaternary nitrogens is 1. The molecule has 0 saturated carbocycles. The van der Waals surface area contributed by atoms with Crippen LogP contribution in [0.4, 0.5) is 0 Å². The number of carbonyl (C=O) groups excluding carboxylic acids is 1. The molecule has 1 fully saturated rings. The van der Waals surface area contributed by atoms with E-state index in [0.29, 0.717) is 0 Å². The van der Waals surface area contributed by atoms with E-state index in [0.717, 1.165) is 0 Å². The fourth-order valence-corrected chi connectivity index (χ4v) is 3.91. The Morgan fingerprint density at radius 2 is 1.54 bits per heavy atom. The van der Waals surface area contributed by atoms with E-state index in [9.17, 15) is 0 Å². The Kier molecular flexibility index (Phi) is 6.72. The van der Waals surface area contributed by atoms with Crippen LogP contribution in [0.25, 0.3) is 5.57 Å². The van der Waals surface area contributed by atoms with Gasteiger partial charge < -0.3 is 19.9 Å². The summed E-state index contributed by atoms with van der Waals surface area (Å²) in [6.45, 7) is 2.54. The summed E-state index contributed by atoms with van der Waals surface area (Å²) in [5.41, 5.74) is 5.98. The van der Waals surface area contributed by atoms with E-state index in [1.165, 1.54) is 42.6 Å². The number of carboxylic acid groups (broad SMARTS) is 2.